The van der Waals surface area contributed by atoms with E-state index in [2.05, 4.69) is 15.5 Å². The van der Waals surface area contributed by atoms with Crippen molar-refractivity contribution in [1.82, 2.24) is 10.2 Å². The van der Waals surface area contributed by atoms with Crippen molar-refractivity contribution < 1.29 is 5.11 Å². The number of aliphatic hydroxyl groups excluding tert-OH is 1. The summed E-state index contributed by atoms with van der Waals surface area (Å²) < 4.78 is 0. The van der Waals surface area contributed by atoms with Crippen LogP contribution in [0.3, 0.4) is 0 Å². The van der Waals surface area contributed by atoms with Crippen molar-refractivity contribution in [2.24, 2.45) is 0 Å². The van der Waals surface area contributed by atoms with E-state index in [0.29, 0.717) is 18.1 Å². The van der Waals surface area contributed by atoms with Gasteiger partial charge in [-0.3, -0.25) is 5.10 Å². The standard InChI is InChI=1S/C6H12N4O/c1-4-5(7)6(10-9-4)8-2-3-11/h11H,2-3,7H2,1H3,(H2,8,9,10). The summed E-state index contributed by atoms with van der Waals surface area (Å²) >= 11 is 0. The Bertz CT molecular complexity index is 232. The van der Waals surface area contributed by atoms with E-state index >= 15 is 0 Å². The fourth-order valence-corrected chi connectivity index (χ4v) is 0.757. The Morgan fingerprint density at radius 1 is 1.73 bits per heavy atom. The summed E-state index contributed by atoms with van der Waals surface area (Å²) in [5, 5.41) is 18.0. The number of aliphatic hydroxyl groups is 1. The molecule has 5 N–H and O–H groups in total. The minimum atomic E-state index is 0.0809. The Hall–Kier alpha value is -1.23. The maximum atomic E-state index is 8.49. The Kier molecular flexibility index (Phi) is 2.32. The first-order valence-electron chi connectivity index (χ1n) is 3.41. The zero-order valence-electron chi connectivity index (χ0n) is 6.39. The van der Waals surface area contributed by atoms with E-state index in [9.17, 15) is 0 Å². The van der Waals surface area contributed by atoms with Gasteiger partial charge in [0.15, 0.2) is 0 Å². The summed E-state index contributed by atoms with van der Waals surface area (Å²) in [5.41, 5.74) is 6.98. The number of nitrogen functional groups attached to an aromatic ring is 1. The van der Waals surface area contributed by atoms with Crippen molar-refractivity contribution >= 4 is 11.5 Å². The van der Waals surface area contributed by atoms with Crippen LogP contribution in [-0.4, -0.2) is 28.5 Å². The Morgan fingerprint density at radius 2 is 2.45 bits per heavy atom. The van der Waals surface area contributed by atoms with Gasteiger partial charge in [0.25, 0.3) is 0 Å². The molecule has 0 aliphatic rings. The fraction of sp³-hybridized carbons (Fsp3) is 0.500. The zero-order valence-corrected chi connectivity index (χ0v) is 6.39. The van der Waals surface area contributed by atoms with Crippen molar-refractivity contribution in [3.63, 3.8) is 0 Å². The second-order valence-electron chi connectivity index (χ2n) is 2.25. The molecule has 1 aromatic heterocycles. The third-order valence-corrected chi connectivity index (χ3v) is 1.41. The van der Waals surface area contributed by atoms with Gasteiger partial charge in [-0.2, -0.15) is 5.10 Å². The lowest BCUT2D eigenvalue weighted by Gasteiger charge is -2.00. The van der Waals surface area contributed by atoms with Crippen LogP contribution in [-0.2, 0) is 0 Å². The first-order chi connectivity index (χ1) is 5.25. The van der Waals surface area contributed by atoms with Gasteiger partial charge < -0.3 is 16.2 Å². The van der Waals surface area contributed by atoms with Crippen LogP contribution in [0.25, 0.3) is 0 Å². The highest BCUT2D eigenvalue weighted by Gasteiger charge is 2.03. The smallest absolute Gasteiger partial charge is 0.145 e. The largest absolute Gasteiger partial charge is 0.395 e. The minimum absolute atomic E-state index is 0.0809. The second-order valence-corrected chi connectivity index (χ2v) is 2.25. The molecule has 1 rings (SSSR count). The van der Waals surface area contributed by atoms with Crippen LogP contribution in [0.15, 0.2) is 0 Å². The molecule has 0 aromatic carbocycles. The van der Waals surface area contributed by atoms with Crippen LogP contribution >= 0.6 is 0 Å². The molecular weight excluding hydrogens is 144 g/mol. The van der Waals surface area contributed by atoms with Crippen molar-refractivity contribution in [2.45, 2.75) is 6.92 Å². The van der Waals surface area contributed by atoms with Gasteiger partial charge in [0.05, 0.1) is 18.0 Å². The number of aromatic amines is 1. The summed E-state index contributed by atoms with van der Waals surface area (Å²) in [5.74, 6) is 0.677. The highest BCUT2D eigenvalue weighted by Crippen LogP contribution is 2.16. The summed E-state index contributed by atoms with van der Waals surface area (Å²) in [4.78, 5) is 0. The third kappa shape index (κ3) is 1.62. The number of rotatable bonds is 3. The molecule has 0 saturated heterocycles. The summed E-state index contributed by atoms with van der Waals surface area (Å²) in [6.07, 6.45) is 0. The van der Waals surface area contributed by atoms with Gasteiger partial charge >= 0.3 is 0 Å². The Morgan fingerprint density at radius 3 is 2.91 bits per heavy atom. The molecule has 0 amide bonds. The van der Waals surface area contributed by atoms with Crippen LogP contribution in [0, 0.1) is 6.92 Å². The Balaban J connectivity index is 2.63. The quantitative estimate of drug-likeness (QED) is 0.484. The predicted molar refractivity (Wildman–Crippen MR) is 43.3 cm³/mol. The van der Waals surface area contributed by atoms with Crippen molar-refractivity contribution in [3.05, 3.63) is 5.69 Å². The Labute approximate surface area is 64.6 Å². The molecular formula is C6H12N4O. The van der Waals surface area contributed by atoms with Crippen LogP contribution in [0.2, 0.25) is 0 Å². The molecule has 0 fully saturated rings. The molecule has 0 aliphatic carbocycles. The van der Waals surface area contributed by atoms with E-state index in [0.717, 1.165) is 5.69 Å². The molecule has 1 heterocycles. The molecule has 0 aliphatic heterocycles. The number of H-pyrrole nitrogens is 1. The lowest BCUT2D eigenvalue weighted by Crippen LogP contribution is -2.07. The number of nitrogens with two attached hydrogens (primary N) is 1. The molecule has 0 spiro atoms. The van der Waals surface area contributed by atoms with E-state index in [1.54, 1.807) is 0 Å². The molecule has 11 heavy (non-hydrogen) atoms. The lowest BCUT2D eigenvalue weighted by atomic mass is 10.4. The highest BCUT2D eigenvalue weighted by molar-refractivity contribution is 5.63. The van der Waals surface area contributed by atoms with Crippen molar-refractivity contribution in [2.75, 3.05) is 24.2 Å². The van der Waals surface area contributed by atoms with E-state index in [4.69, 9.17) is 10.8 Å². The summed E-state index contributed by atoms with van der Waals surface area (Å²) in [6, 6.07) is 0. The van der Waals surface area contributed by atoms with E-state index < -0.39 is 0 Å². The molecule has 0 bridgehead atoms. The number of anilines is 2. The molecule has 0 unspecified atom stereocenters. The van der Waals surface area contributed by atoms with Gasteiger partial charge in [-0.05, 0) is 6.92 Å². The van der Waals surface area contributed by atoms with Gasteiger partial charge in [-0.15, -0.1) is 0 Å². The van der Waals surface area contributed by atoms with E-state index in [1.807, 2.05) is 6.92 Å². The number of nitrogens with zero attached hydrogens (tertiary/aromatic N) is 1. The number of nitrogens with one attached hydrogen (secondary N) is 2. The molecule has 5 nitrogen and oxygen atoms in total. The number of hydrogen-bond acceptors (Lipinski definition) is 4. The van der Waals surface area contributed by atoms with Gasteiger partial charge in [0.1, 0.15) is 5.82 Å². The maximum Gasteiger partial charge on any atom is 0.145 e. The van der Waals surface area contributed by atoms with Gasteiger partial charge in [0.2, 0.25) is 0 Å². The van der Waals surface area contributed by atoms with Crippen LogP contribution in [0.5, 0.6) is 0 Å². The predicted octanol–water partition coefficient (Wildman–Crippen LogP) is -0.295. The SMILES string of the molecule is Cc1n[nH]c(NCCO)c1N. The number of aromatic nitrogens is 2. The molecule has 0 saturated carbocycles. The average Bonchev–Trinajstić information content (AvgIpc) is 2.31. The van der Waals surface area contributed by atoms with Gasteiger partial charge in [0, 0.05) is 6.54 Å². The number of aryl methyl sites for hydroxylation is 1. The van der Waals surface area contributed by atoms with Crippen LogP contribution < -0.4 is 11.1 Å². The van der Waals surface area contributed by atoms with Gasteiger partial charge in [-0.25, -0.2) is 0 Å². The first-order valence-corrected chi connectivity index (χ1v) is 3.41. The minimum Gasteiger partial charge on any atom is -0.395 e. The zero-order chi connectivity index (χ0) is 8.27. The van der Waals surface area contributed by atoms with E-state index in [1.165, 1.54) is 0 Å². The number of hydrogen-bond donors (Lipinski definition) is 4. The van der Waals surface area contributed by atoms with Crippen LogP contribution in [0.1, 0.15) is 5.69 Å². The second kappa shape index (κ2) is 3.25. The monoisotopic (exact) mass is 156 g/mol. The summed E-state index contributed by atoms with van der Waals surface area (Å²) in [7, 11) is 0. The maximum absolute atomic E-state index is 8.49. The molecule has 1 aromatic rings. The van der Waals surface area contributed by atoms with E-state index in [-0.39, 0.29) is 6.61 Å². The first kappa shape index (κ1) is 7.87. The van der Waals surface area contributed by atoms with Crippen molar-refractivity contribution in [3.8, 4) is 0 Å². The fourth-order valence-electron chi connectivity index (χ4n) is 0.757. The molecule has 0 radical (unpaired) electrons. The molecule has 5 heteroatoms. The summed E-state index contributed by atoms with van der Waals surface area (Å²) in [6.45, 7) is 2.37. The lowest BCUT2D eigenvalue weighted by molar-refractivity contribution is 0.311. The van der Waals surface area contributed by atoms with Crippen LogP contribution in [0.4, 0.5) is 11.5 Å². The highest BCUT2D eigenvalue weighted by atomic mass is 16.3. The normalized spacial score (nSPS) is 10.0. The third-order valence-electron chi connectivity index (χ3n) is 1.41. The topological polar surface area (TPSA) is 87.0 Å². The average molecular weight is 156 g/mol. The van der Waals surface area contributed by atoms with Crippen molar-refractivity contribution in [1.29, 1.82) is 0 Å². The van der Waals surface area contributed by atoms with Gasteiger partial charge in [-0.1, -0.05) is 0 Å². The molecule has 0 atom stereocenters. The molecule has 62 valence electrons.